The van der Waals surface area contributed by atoms with Gasteiger partial charge in [0.25, 0.3) is 5.56 Å². The predicted molar refractivity (Wildman–Crippen MR) is 129 cm³/mol. The third-order valence-electron chi connectivity index (χ3n) is 5.17. The Labute approximate surface area is 195 Å². The molecule has 6 nitrogen and oxygen atoms in total. The van der Waals surface area contributed by atoms with E-state index in [2.05, 4.69) is 15.3 Å². The highest BCUT2D eigenvalue weighted by molar-refractivity contribution is 7.99. The fourth-order valence-corrected chi connectivity index (χ4v) is 5.22. The van der Waals surface area contributed by atoms with Crippen LogP contribution in [0.2, 0.25) is 0 Å². The SMILES string of the molecule is CC(NC(=O)CSc1nc2scc(-c3ccc(F)cc3)c2c(=O)[nH]1)c1cc2ccccc2o1. The van der Waals surface area contributed by atoms with E-state index in [9.17, 15) is 14.0 Å². The molecular formula is C24H18FN3O3S2. The number of nitrogens with zero attached hydrogens (tertiary/aromatic N) is 1. The highest BCUT2D eigenvalue weighted by Gasteiger charge is 2.16. The molecule has 3 aromatic heterocycles. The number of aromatic nitrogens is 2. The molecule has 0 fully saturated rings. The number of H-pyrrole nitrogens is 1. The van der Waals surface area contributed by atoms with Crippen LogP contribution in [0.1, 0.15) is 18.7 Å². The van der Waals surface area contributed by atoms with E-state index in [-0.39, 0.29) is 29.1 Å². The normalized spacial score (nSPS) is 12.3. The van der Waals surface area contributed by atoms with Gasteiger partial charge in [0.2, 0.25) is 5.91 Å². The number of carbonyl (C=O) groups is 1. The summed E-state index contributed by atoms with van der Waals surface area (Å²) in [6, 6.07) is 15.3. The average Bonchev–Trinajstić information content (AvgIpc) is 3.43. The zero-order valence-corrected chi connectivity index (χ0v) is 19.1. The smallest absolute Gasteiger partial charge is 0.260 e. The van der Waals surface area contributed by atoms with Gasteiger partial charge in [-0.2, -0.15) is 0 Å². The summed E-state index contributed by atoms with van der Waals surface area (Å²) >= 11 is 2.49. The second kappa shape index (κ2) is 8.84. The van der Waals surface area contributed by atoms with Crippen molar-refractivity contribution in [2.45, 2.75) is 18.1 Å². The lowest BCUT2D eigenvalue weighted by Crippen LogP contribution is -2.28. The van der Waals surface area contributed by atoms with Crippen LogP contribution in [0.4, 0.5) is 4.39 Å². The predicted octanol–water partition coefficient (Wildman–Crippen LogP) is 5.51. The summed E-state index contributed by atoms with van der Waals surface area (Å²) < 4.78 is 19.0. The Morgan fingerprint density at radius 1 is 1.24 bits per heavy atom. The van der Waals surface area contributed by atoms with E-state index in [1.807, 2.05) is 42.6 Å². The van der Waals surface area contributed by atoms with Gasteiger partial charge in [0.1, 0.15) is 22.0 Å². The first-order valence-corrected chi connectivity index (χ1v) is 12.0. The van der Waals surface area contributed by atoms with E-state index in [4.69, 9.17) is 4.42 Å². The van der Waals surface area contributed by atoms with Crippen LogP contribution in [-0.2, 0) is 4.79 Å². The summed E-state index contributed by atoms with van der Waals surface area (Å²) in [6.07, 6.45) is 0. The maximum absolute atomic E-state index is 13.2. The van der Waals surface area contributed by atoms with E-state index in [1.165, 1.54) is 23.5 Å². The minimum atomic E-state index is -0.336. The van der Waals surface area contributed by atoms with Crippen molar-refractivity contribution in [3.63, 3.8) is 0 Å². The van der Waals surface area contributed by atoms with Gasteiger partial charge in [-0.25, -0.2) is 9.37 Å². The number of fused-ring (bicyclic) bond motifs is 2. The minimum Gasteiger partial charge on any atom is -0.459 e. The number of carbonyl (C=O) groups excluding carboxylic acids is 1. The summed E-state index contributed by atoms with van der Waals surface area (Å²) in [5, 5.41) is 6.54. The summed E-state index contributed by atoms with van der Waals surface area (Å²) in [5.41, 5.74) is 1.93. The maximum Gasteiger partial charge on any atom is 0.260 e. The molecule has 1 atom stereocenters. The summed E-state index contributed by atoms with van der Waals surface area (Å²) in [6.45, 7) is 1.86. The third kappa shape index (κ3) is 4.42. The fourth-order valence-electron chi connectivity index (χ4n) is 3.54. The minimum absolute atomic E-state index is 0.0925. The Balaban J connectivity index is 1.27. The second-order valence-electron chi connectivity index (χ2n) is 7.47. The molecule has 3 heterocycles. The lowest BCUT2D eigenvalue weighted by atomic mass is 10.1. The van der Waals surface area contributed by atoms with Gasteiger partial charge in [-0.05, 0) is 36.8 Å². The van der Waals surface area contributed by atoms with Gasteiger partial charge >= 0.3 is 0 Å². The lowest BCUT2D eigenvalue weighted by Gasteiger charge is -2.11. The number of aromatic amines is 1. The molecule has 0 saturated carbocycles. The van der Waals surface area contributed by atoms with Crippen molar-refractivity contribution < 1.29 is 13.6 Å². The van der Waals surface area contributed by atoms with Crippen LogP contribution in [0.3, 0.4) is 0 Å². The van der Waals surface area contributed by atoms with E-state index in [1.54, 1.807) is 12.1 Å². The van der Waals surface area contributed by atoms with Crippen molar-refractivity contribution in [3.05, 3.63) is 81.9 Å². The number of hydrogen-bond donors (Lipinski definition) is 2. The van der Waals surface area contributed by atoms with Gasteiger partial charge in [0, 0.05) is 16.3 Å². The number of thiophene rings is 1. The molecule has 0 aliphatic carbocycles. The molecule has 0 aliphatic heterocycles. The molecule has 0 saturated heterocycles. The van der Waals surface area contributed by atoms with E-state index >= 15 is 0 Å². The molecule has 33 heavy (non-hydrogen) atoms. The molecule has 0 radical (unpaired) electrons. The number of furan rings is 1. The number of para-hydroxylation sites is 1. The van der Waals surface area contributed by atoms with Crippen molar-refractivity contribution in [1.29, 1.82) is 0 Å². The summed E-state index contributed by atoms with van der Waals surface area (Å²) in [5.74, 6) is 0.232. The van der Waals surface area contributed by atoms with Gasteiger partial charge in [0.15, 0.2) is 5.16 Å². The van der Waals surface area contributed by atoms with Crippen LogP contribution < -0.4 is 10.9 Å². The van der Waals surface area contributed by atoms with Crippen molar-refractivity contribution in [2.24, 2.45) is 0 Å². The molecule has 0 spiro atoms. The molecule has 9 heteroatoms. The first kappa shape index (κ1) is 21.4. The van der Waals surface area contributed by atoms with Crippen molar-refractivity contribution in [1.82, 2.24) is 15.3 Å². The van der Waals surface area contributed by atoms with Crippen molar-refractivity contribution in [2.75, 3.05) is 5.75 Å². The topological polar surface area (TPSA) is 88.0 Å². The maximum atomic E-state index is 13.2. The lowest BCUT2D eigenvalue weighted by molar-refractivity contribution is -0.119. The van der Waals surface area contributed by atoms with Crippen LogP contribution in [0, 0.1) is 5.82 Å². The molecular weight excluding hydrogens is 461 g/mol. The number of rotatable bonds is 6. The number of amides is 1. The zero-order chi connectivity index (χ0) is 22.9. The van der Waals surface area contributed by atoms with E-state index in [0.717, 1.165) is 28.3 Å². The Morgan fingerprint density at radius 3 is 2.82 bits per heavy atom. The molecule has 0 aliphatic rings. The van der Waals surface area contributed by atoms with Crippen LogP contribution >= 0.6 is 23.1 Å². The van der Waals surface area contributed by atoms with Gasteiger partial charge in [-0.15, -0.1) is 11.3 Å². The largest absolute Gasteiger partial charge is 0.459 e. The molecule has 1 amide bonds. The second-order valence-corrected chi connectivity index (χ2v) is 9.29. The molecule has 5 rings (SSSR count). The quantitative estimate of drug-likeness (QED) is 0.248. The highest BCUT2D eigenvalue weighted by Crippen LogP contribution is 2.31. The van der Waals surface area contributed by atoms with Crippen LogP contribution in [0.15, 0.2) is 74.3 Å². The highest BCUT2D eigenvalue weighted by atomic mass is 32.2. The standard InChI is InChI=1S/C24H18FN3O3S2/c1-13(19-10-15-4-2-3-5-18(15)31-19)26-20(29)12-33-24-27-22(30)21-17(11-32-23(21)28-24)14-6-8-16(25)9-7-14/h2-11,13H,12H2,1H3,(H,26,29)(H,27,28,30). The van der Waals surface area contributed by atoms with Crippen molar-refractivity contribution >= 4 is 50.2 Å². The molecule has 0 bridgehead atoms. The van der Waals surface area contributed by atoms with Gasteiger partial charge in [-0.1, -0.05) is 42.1 Å². The number of nitrogens with one attached hydrogen (secondary N) is 2. The molecule has 166 valence electrons. The third-order valence-corrected chi connectivity index (χ3v) is 6.91. The molecule has 2 N–H and O–H groups in total. The van der Waals surface area contributed by atoms with Gasteiger partial charge in [-0.3, -0.25) is 9.59 Å². The number of benzene rings is 2. The molecule has 2 aromatic carbocycles. The summed E-state index contributed by atoms with van der Waals surface area (Å²) in [4.78, 5) is 33.0. The monoisotopic (exact) mass is 479 g/mol. The van der Waals surface area contributed by atoms with Crippen molar-refractivity contribution in [3.8, 4) is 11.1 Å². The zero-order valence-electron chi connectivity index (χ0n) is 17.4. The number of hydrogen-bond acceptors (Lipinski definition) is 6. The Morgan fingerprint density at radius 2 is 2.03 bits per heavy atom. The van der Waals surface area contributed by atoms with Gasteiger partial charge in [0.05, 0.1) is 17.2 Å². The average molecular weight is 480 g/mol. The van der Waals surface area contributed by atoms with Crippen LogP contribution in [-0.4, -0.2) is 21.6 Å². The molecule has 5 aromatic rings. The Kier molecular flexibility index (Phi) is 5.74. The first-order chi connectivity index (χ1) is 16.0. The number of halogens is 1. The molecule has 1 unspecified atom stereocenters. The Bertz CT molecular complexity index is 1490. The van der Waals surface area contributed by atoms with E-state index in [0.29, 0.717) is 26.7 Å². The number of thioether (sulfide) groups is 1. The first-order valence-electron chi connectivity index (χ1n) is 10.2. The van der Waals surface area contributed by atoms with Crippen LogP contribution in [0.5, 0.6) is 0 Å². The van der Waals surface area contributed by atoms with Crippen LogP contribution in [0.25, 0.3) is 32.3 Å². The Hall–Kier alpha value is -3.43. The fraction of sp³-hybridized carbons (Fsp3) is 0.125. The van der Waals surface area contributed by atoms with Gasteiger partial charge < -0.3 is 14.7 Å². The summed E-state index contributed by atoms with van der Waals surface area (Å²) in [7, 11) is 0. The van der Waals surface area contributed by atoms with E-state index < -0.39 is 0 Å².